The molecular weight excluding hydrogens is 280 g/mol. The zero-order chi connectivity index (χ0) is 12.3. The van der Waals surface area contributed by atoms with Gasteiger partial charge in [-0.25, -0.2) is 0 Å². The largest absolute Gasteiger partial charge is 0.380 e. The fraction of sp³-hybridized carbons (Fsp3) is 0.538. The normalized spacial score (nSPS) is 18.1. The Morgan fingerprint density at radius 3 is 2.76 bits per heavy atom. The molecule has 94 valence electrons. The van der Waals surface area contributed by atoms with Crippen LogP contribution in [0.4, 0.5) is 0 Å². The molecule has 0 bridgehead atoms. The Morgan fingerprint density at radius 1 is 1.47 bits per heavy atom. The van der Waals surface area contributed by atoms with Crippen molar-refractivity contribution >= 4 is 15.9 Å². The maximum absolute atomic E-state index is 5.82. The van der Waals surface area contributed by atoms with Crippen molar-refractivity contribution < 1.29 is 4.74 Å². The fourth-order valence-electron chi connectivity index (χ4n) is 2.24. The minimum Gasteiger partial charge on any atom is -0.380 e. The van der Waals surface area contributed by atoms with E-state index in [2.05, 4.69) is 46.1 Å². The van der Waals surface area contributed by atoms with Gasteiger partial charge in [0.25, 0.3) is 0 Å². The van der Waals surface area contributed by atoms with Gasteiger partial charge in [-0.1, -0.05) is 28.1 Å². The zero-order valence-corrected chi connectivity index (χ0v) is 11.7. The summed E-state index contributed by atoms with van der Waals surface area (Å²) in [7, 11) is 2.14. The van der Waals surface area contributed by atoms with Crippen molar-refractivity contribution in [1.29, 1.82) is 0 Å². The first kappa shape index (κ1) is 13.0. The summed E-state index contributed by atoms with van der Waals surface area (Å²) in [6, 6.07) is 8.42. The molecule has 0 spiro atoms. The van der Waals surface area contributed by atoms with Gasteiger partial charge in [-0.3, -0.25) is 0 Å². The molecule has 0 amide bonds. The Kier molecular flexibility index (Phi) is 4.20. The standard InChI is InChI=1S/C13H19BrN2O/c1-16(8-13(7-15)9-17-10-13)6-11-3-2-4-12(14)5-11/h2-5H,6-10,15H2,1H3. The molecule has 0 radical (unpaired) electrons. The molecule has 1 heterocycles. The van der Waals surface area contributed by atoms with Crippen molar-refractivity contribution in [2.24, 2.45) is 11.1 Å². The first-order valence-electron chi connectivity index (χ1n) is 5.84. The zero-order valence-electron chi connectivity index (χ0n) is 10.2. The Labute approximate surface area is 111 Å². The van der Waals surface area contributed by atoms with E-state index in [1.54, 1.807) is 0 Å². The highest BCUT2D eigenvalue weighted by Gasteiger charge is 2.38. The van der Waals surface area contributed by atoms with E-state index >= 15 is 0 Å². The second-order valence-corrected chi connectivity index (χ2v) is 5.91. The molecule has 1 aromatic rings. The molecule has 0 aliphatic carbocycles. The molecule has 0 atom stereocenters. The molecule has 1 fully saturated rings. The summed E-state index contributed by atoms with van der Waals surface area (Å²) >= 11 is 3.49. The molecule has 4 heteroatoms. The number of benzene rings is 1. The maximum atomic E-state index is 5.82. The van der Waals surface area contributed by atoms with Crippen LogP contribution in [-0.4, -0.2) is 38.3 Å². The topological polar surface area (TPSA) is 38.5 Å². The van der Waals surface area contributed by atoms with E-state index < -0.39 is 0 Å². The molecule has 3 nitrogen and oxygen atoms in total. The van der Waals surface area contributed by atoms with E-state index in [0.29, 0.717) is 6.54 Å². The molecular formula is C13H19BrN2O. The van der Waals surface area contributed by atoms with Gasteiger partial charge in [-0.05, 0) is 24.7 Å². The first-order chi connectivity index (χ1) is 8.13. The minimum atomic E-state index is 0.181. The molecule has 1 aliphatic heterocycles. The van der Waals surface area contributed by atoms with Crippen LogP contribution >= 0.6 is 15.9 Å². The third-order valence-electron chi connectivity index (χ3n) is 3.20. The number of nitrogens with two attached hydrogens (primary N) is 1. The SMILES string of the molecule is CN(Cc1cccc(Br)c1)CC1(CN)COC1. The molecule has 0 aromatic heterocycles. The second kappa shape index (κ2) is 5.48. The quantitative estimate of drug-likeness (QED) is 0.902. The summed E-state index contributed by atoms with van der Waals surface area (Å²) in [6.07, 6.45) is 0. The Balaban J connectivity index is 1.90. The Morgan fingerprint density at radius 2 is 2.24 bits per heavy atom. The van der Waals surface area contributed by atoms with Crippen molar-refractivity contribution in [2.75, 3.05) is 33.4 Å². The summed E-state index contributed by atoms with van der Waals surface area (Å²) in [4.78, 5) is 2.32. The molecule has 1 aliphatic rings. The van der Waals surface area contributed by atoms with E-state index in [9.17, 15) is 0 Å². The van der Waals surface area contributed by atoms with Crippen molar-refractivity contribution in [1.82, 2.24) is 4.90 Å². The van der Waals surface area contributed by atoms with Gasteiger partial charge in [0.05, 0.1) is 13.2 Å². The van der Waals surface area contributed by atoms with Crippen LogP contribution in [0.15, 0.2) is 28.7 Å². The molecule has 17 heavy (non-hydrogen) atoms. The average Bonchev–Trinajstić information content (AvgIpc) is 2.23. The van der Waals surface area contributed by atoms with E-state index in [4.69, 9.17) is 10.5 Å². The summed E-state index contributed by atoms with van der Waals surface area (Å²) in [5.74, 6) is 0. The summed E-state index contributed by atoms with van der Waals surface area (Å²) < 4.78 is 6.41. The minimum absolute atomic E-state index is 0.181. The number of ether oxygens (including phenoxy) is 1. The number of nitrogens with zero attached hydrogens (tertiary/aromatic N) is 1. The molecule has 2 N–H and O–H groups in total. The fourth-order valence-corrected chi connectivity index (χ4v) is 2.69. The monoisotopic (exact) mass is 298 g/mol. The van der Waals surface area contributed by atoms with E-state index in [-0.39, 0.29) is 5.41 Å². The molecule has 1 aromatic carbocycles. The smallest absolute Gasteiger partial charge is 0.0569 e. The average molecular weight is 299 g/mol. The van der Waals surface area contributed by atoms with Crippen LogP contribution in [0.1, 0.15) is 5.56 Å². The Bertz CT molecular complexity index is 374. The van der Waals surface area contributed by atoms with Crippen LogP contribution in [0.25, 0.3) is 0 Å². The van der Waals surface area contributed by atoms with Gasteiger partial charge in [0.15, 0.2) is 0 Å². The summed E-state index contributed by atoms with van der Waals surface area (Å²) in [5.41, 5.74) is 7.32. The summed E-state index contributed by atoms with van der Waals surface area (Å²) in [6.45, 7) is 4.24. The van der Waals surface area contributed by atoms with Gasteiger partial charge < -0.3 is 15.4 Å². The van der Waals surface area contributed by atoms with Crippen LogP contribution in [0.5, 0.6) is 0 Å². The third-order valence-corrected chi connectivity index (χ3v) is 3.69. The van der Waals surface area contributed by atoms with Gasteiger partial charge in [-0.15, -0.1) is 0 Å². The van der Waals surface area contributed by atoms with Crippen LogP contribution in [0.3, 0.4) is 0 Å². The molecule has 1 saturated heterocycles. The van der Waals surface area contributed by atoms with Crippen molar-refractivity contribution in [2.45, 2.75) is 6.54 Å². The number of hydrogen-bond acceptors (Lipinski definition) is 3. The van der Waals surface area contributed by atoms with Gasteiger partial charge >= 0.3 is 0 Å². The highest BCUT2D eigenvalue weighted by molar-refractivity contribution is 9.10. The lowest BCUT2D eigenvalue weighted by atomic mass is 9.85. The van der Waals surface area contributed by atoms with Crippen LogP contribution < -0.4 is 5.73 Å². The lowest BCUT2D eigenvalue weighted by molar-refractivity contribution is -0.118. The lowest BCUT2D eigenvalue weighted by Crippen LogP contribution is -2.54. The summed E-state index contributed by atoms with van der Waals surface area (Å²) in [5, 5.41) is 0. The number of hydrogen-bond donors (Lipinski definition) is 1. The first-order valence-corrected chi connectivity index (χ1v) is 6.64. The third kappa shape index (κ3) is 3.28. The van der Waals surface area contributed by atoms with E-state index in [1.165, 1.54) is 5.56 Å². The Hall–Kier alpha value is -0.420. The maximum Gasteiger partial charge on any atom is 0.0569 e. The van der Waals surface area contributed by atoms with Gasteiger partial charge in [0, 0.05) is 29.5 Å². The molecule has 0 unspecified atom stereocenters. The molecule has 2 rings (SSSR count). The number of halogens is 1. The second-order valence-electron chi connectivity index (χ2n) is 5.00. The van der Waals surface area contributed by atoms with Crippen molar-refractivity contribution in [3.05, 3.63) is 34.3 Å². The van der Waals surface area contributed by atoms with Gasteiger partial charge in [0.1, 0.15) is 0 Å². The number of rotatable bonds is 5. The molecule has 0 saturated carbocycles. The van der Waals surface area contributed by atoms with E-state index in [1.807, 2.05) is 6.07 Å². The highest BCUT2D eigenvalue weighted by Crippen LogP contribution is 2.27. The van der Waals surface area contributed by atoms with Crippen LogP contribution in [0.2, 0.25) is 0 Å². The lowest BCUT2D eigenvalue weighted by Gasteiger charge is -2.43. The van der Waals surface area contributed by atoms with Gasteiger partial charge in [-0.2, -0.15) is 0 Å². The van der Waals surface area contributed by atoms with Crippen LogP contribution in [-0.2, 0) is 11.3 Å². The van der Waals surface area contributed by atoms with E-state index in [0.717, 1.165) is 30.8 Å². The van der Waals surface area contributed by atoms with Gasteiger partial charge in [0.2, 0.25) is 0 Å². The van der Waals surface area contributed by atoms with Crippen molar-refractivity contribution in [3.63, 3.8) is 0 Å². The van der Waals surface area contributed by atoms with Crippen molar-refractivity contribution in [3.8, 4) is 0 Å². The van der Waals surface area contributed by atoms with Crippen LogP contribution in [0, 0.1) is 5.41 Å². The predicted molar refractivity (Wildman–Crippen MR) is 72.8 cm³/mol. The highest BCUT2D eigenvalue weighted by atomic mass is 79.9. The predicted octanol–water partition coefficient (Wildman–Crippen LogP) is 1.86.